The third kappa shape index (κ3) is 4.41. The van der Waals surface area contributed by atoms with E-state index in [-0.39, 0.29) is 0 Å². The average Bonchev–Trinajstić information content (AvgIpc) is 2.73. The van der Waals surface area contributed by atoms with Gasteiger partial charge in [0, 0.05) is 25.2 Å². The van der Waals surface area contributed by atoms with Crippen molar-refractivity contribution >= 4 is 5.91 Å². The highest BCUT2D eigenvalue weighted by molar-refractivity contribution is 5.92. The number of hydrogen-bond acceptors (Lipinski definition) is 3. The van der Waals surface area contributed by atoms with Gasteiger partial charge in [-0.25, -0.2) is 0 Å². The van der Waals surface area contributed by atoms with Gasteiger partial charge in [-0.15, -0.1) is 0 Å². The van der Waals surface area contributed by atoms with Crippen LogP contribution in [0.15, 0.2) is 72.8 Å². The van der Waals surface area contributed by atoms with Crippen molar-refractivity contribution in [3.05, 3.63) is 95.1 Å². The van der Waals surface area contributed by atoms with Crippen molar-refractivity contribution in [1.29, 1.82) is 0 Å². The van der Waals surface area contributed by atoms with Gasteiger partial charge in [0.1, 0.15) is 11.5 Å². The molecule has 3 aromatic rings. The number of fused-ring (bicyclic) bond motifs is 1. The van der Waals surface area contributed by atoms with Crippen LogP contribution < -0.4 is 10.5 Å². The molecule has 142 valence electrons. The van der Waals surface area contributed by atoms with E-state index < -0.39 is 5.91 Å². The zero-order valence-electron chi connectivity index (χ0n) is 15.8. The number of amides is 1. The maximum absolute atomic E-state index is 11.2. The molecule has 4 heteroatoms. The van der Waals surface area contributed by atoms with E-state index in [9.17, 15) is 4.79 Å². The van der Waals surface area contributed by atoms with Crippen LogP contribution in [0.5, 0.6) is 11.5 Å². The molecule has 0 spiro atoms. The Labute approximate surface area is 165 Å². The molecule has 28 heavy (non-hydrogen) atoms. The number of nitrogens with zero attached hydrogens (tertiary/aromatic N) is 1. The quantitative estimate of drug-likeness (QED) is 0.706. The van der Waals surface area contributed by atoms with E-state index in [1.165, 1.54) is 16.7 Å². The highest BCUT2D eigenvalue weighted by Gasteiger charge is 2.16. The van der Waals surface area contributed by atoms with E-state index in [0.29, 0.717) is 11.3 Å². The van der Waals surface area contributed by atoms with Crippen molar-refractivity contribution in [3.63, 3.8) is 0 Å². The Morgan fingerprint density at radius 1 is 0.929 bits per heavy atom. The first-order valence-corrected chi connectivity index (χ1v) is 9.63. The summed E-state index contributed by atoms with van der Waals surface area (Å²) in [4.78, 5) is 13.7. The van der Waals surface area contributed by atoms with Gasteiger partial charge >= 0.3 is 0 Å². The van der Waals surface area contributed by atoms with Gasteiger partial charge in [-0.05, 0) is 65.9 Å². The predicted octanol–water partition coefficient (Wildman–Crippen LogP) is 4.18. The molecule has 2 N–H and O–H groups in total. The molecule has 0 bridgehead atoms. The Kier molecular flexibility index (Phi) is 5.40. The maximum atomic E-state index is 11.2. The standard InChI is InChI=1S/C24H24N2O2/c25-24(27)19-6-9-22(10-7-19)28-23-11-8-21-17-26(15-13-20(21)16-23)14-12-18-4-2-1-3-5-18/h1-11,16H,12-15,17H2,(H2,25,27). The first-order chi connectivity index (χ1) is 13.7. The summed E-state index contributed by atoms with van der Waals surface area (Å²) in [6.45, 7) is 3.13. The smallest absolute Gasteiger partial charge is 0.248 e. The number of nitrogens with two attached hydrogens (primary N) is 1. The predicted molar refractivity (Wildman–Crippen MR) is 111 cm³/mol. The molecule has 0 saturated carbocycles. The lowest BCUT2D eigenvalue weighted by molar-refractivity contribution is 0.100. The average molecular weight is 372 g/mol. The number of hydrogen-bond donors (Lipinski definition) is 1. The topological polar surface area (TPSA) is 55.6 Å². The lowest BCUT2D eigenvalue weighted by Gasteiger charge is -2.29. The van der Waals surface area contributed by atoms with Gasteiger partial charge < -0.3 is 10.5 Å². The van der Waals surface area contributed by atoms with Gasteiger partial charge in [0.05, 0.1) is 0 Å². The molecule has 0 atom stereocenters. The SMILES string of the molecule is NC(=O)c1ccc(Oc2ccc3c(c2)CCN(CCc2ccccc2)C3)cc1. The molecular weight excluding hydrogens is 348 g/mol. The Balaban J connectivity index is 1.37. The zero-order valence-corrected chi connectivity index (χ0v) is 15.8. The number of rotatable bonds is 6. The van der Waals surface area contributed by atoms with Crippen LogP contribution in [0.4, 0.5) is 0 Å². The normalized spacial score (nSPS) is 13.7. The van der Waals surface area contributed by atoms with Crippen LogP contribution in [0.25, 0.3) is 0 Å². The van der Waals surface area contributed by atoms with E-state index in [1.807, 2.05) is 6.07 Å². The second-order valence-corrected chi connectivity index (χ2v) is 7.18. The summed E-state index contributed by atoms with van der Waals surface area (Å²) in [5.41, 5.74) is 9.86. The molecule has 0 aliphatic carbocycles. The first kappa shape index (κ1) is 18.3. The summed E-state index contributed by atoms with van der Waals surface area (Å²) in [6.07, 6.45) is 2.11. The van der Waals surface area contributed by atoms with E-state index in [1.54, 1.807) is 24.3 Å². The Morgan fingerprint density at radius 3 is 2.43 bits per heavy atom. The number of ether oxygens (including phenoxy) is 1. The van der Waals surface area contributed by atoms with Crippen LogP contribution in [0.3, 0.4) is 0 Å². The number of benzene rings is 3. The molecule has 0 aromatic heterocycles. The van der Waals surface area contributed by atoms with Gasteiger partial charge in [-0.2, -0.15) is 0 Å². The minimum Gasteiger partial charge on any atom is -0.457 e. The molecule has 0 saturated heterocycles. The number of carbonyl (C=O) groups excluding carboxylic acids is 1. The molecule has 0 fully saturated rings. The van der Waals surface area contributed by atoms with Gasteiger partial charge in [-0.3, -0.25) is 9.69 Å². The van der Waals surface area contributed by atoms with Gasteiger partial charge in [0.25, 0.3) is 0 Å². The van der Waals surface area contributed by atoms with Crippen molar-refractivity contribution in [3.8, 4) is 11.5 Å². The van der Waals surface area contributed by atoms with Crippen molar-refractivity contribution in [2.75, 3.05) is 13.1 Å². The van der Waals surface area contributed by atoms with E-state index in [2.05, 4.69) is 47.4 Å². The highest BCUT2D eigenvalue weighted by atomic mass is 16.5. The largest absolute Gasteiger partial charge is 0.457 e. The summed E-state index contributed by atoms with van der Waals surface area (Å²) >= 11 is 0. The maximum Gasteiger partial charge on any atom is 0.248 e. The van der Waals surface area contributed by atoms with Crippen LogP contribution in [0.2, 0.25) is 0 Å². The summed E-state index contributed by atoms with van der Waals surface area (Å²) in [6, 6.07) is 23.9. The second kappa shape index (κ2) is 8.28. The fraction of sp³-hybridized carbons (Fsp3) is 0.208. The fourth-order valence-electron chi connectivity index (χ4n) is 3.60. The van der Waals surface area contributed by atoms with Crippen molar-refractivity contribution in [2.24, 2.45) is 5.73 Å². The van der Waals surface area contributed by atoms with Crippen molar-refractivity contribution in [1.82, 2.24) is 4.90 Å². The van der Waals surface area contributed by atoms with E-state index >= 15 is 0 Å². The summed E-state index contributed by atoms with van der Waals surface area (Å²) in [7, 11) is 0. The van der Waals surface area contributed by atoms with E-state index in [0.717, 1.165) is 38.2 Å². The molecule has 4 nitrogen and oxygen atoms in total. The Morgan fingerprint density at radius 2 is 1.68 bits per heavy atom. The van der Waals surface area contributed by atoms with Crippen LogP contribution in [0.1, 0.15) is 27.0 Å². The second-order valence-electron chi connectivity index (χ2n) is 7.18. The van der Waals surface area contributed by atoms with Crippen molar-refractivity contribution < 1.29 is 9.53 Å². The fourth-order valence-corrected chi connectivity index (χ4v) is 3.60. The van der Waals surface area contributed by atoms with Crippen molar-refractivity contribution in [2.45, 2.75) is 19.4 Å². The molecule has 1 aliphatic heterocycles. The minimum atomic E-state index is -0.433. The summed E-state index contributed by atoms with van der Waals surface area (Å²) in [5, 5.41) is 0. The molecule has 4 rings (SSSR count). The Bertz CT molecular complexity index is 952. The molecule has 1 aliphatic rings. The molecule has 1 heterocycles. The van der Waals surface area contributed by atoms with Crippen LogP contribution in [0, 0.1) is 0 Å². The zero-order chi connectivity index (χ0) is 19.3. The first-order valence-electron chi connectivity index (χ1n) is 9.63. The molecular formula is C24H24N2O2. The molecule has 0 radical (unpaired) electrons. The molecule has 0 unspecified atom stereocenters. The third-order valence-electron chi connectivity index (χ3n) is 5.20. The minimum absolute atomic E-state index is 0.433. The number of carbonyl (C=O) groups is 1. The highest BCUT2D eigenvalue weighted by Crippen LogP contribution is 2.27. The molecule has 1 amide bonds. The number of primary amides is 1. The van der Waals surface area contributed by atoms with Crippen LogP contribution in [-0.2, 0) is 19.4 Å². The van der Waals surface area contributed by atoms with Gasteiger partial charge in [0.2, 0.25) is 5.91 Å². The lowest BCUT2D eigenvalue weighted by atomic mass is 9.99. The van der Waals surface area contributed by atoms with Crippen LogP contribution in [-0.4, -0.2) is 23.9 Å². The van der Waals surface area contributed by atoms with Gasteiger partial charge in [0.15, 0.2) is 0 Å². The third-order valence-corrected chi connectivity index (χ3v) is 5.20. The van der Waals surface area contributed by atoms with Crippen LogP contribution >= 0.6 is 0 Å². The molecule has 3 aromatic carbocycles. The Hall–Kier alpha value is -3.11. The van der Waals surface area contributed by atoms with E-state index in [4.69, 9.17) is 10.5 Å². The summed E-state index contributed by atoms with van der Waals surface area (Å²) < 4.78 is 5.95. The monoisotopic (exact) mass is 372 g/mol. The van der Waals surface area contributed by atoms with Gasteiger partial charge in [-0.1, -0.05) is 36.4 Å². The summed E-state index contributed by atoms with van der Waals surface area (Å²) in [5.74, 6) is 1.09. The lowest BCUT2D eigenvalue weighted by Crippen LogP contribution is -2.32.